The average molecular weight is 276 g/mol. The third-order valence-electron chi connectivity index (χ3n) is 3.06. The molecule has 1 amide bonds. The lowest BCUT2D eigenvalue weighted by Crippen LogP contribution is -2.46. The number of carbonyl (C=O) groups is 1. The predicted molar refractivity (Wildman–Crippen MR) is 65.4 cm³/mol. The number of carbonyl (C=O) groups excluding carboxylic acids is 1. The fraction of sp³-hybridized carbons (Fsp3) is 0.700. The third kappa shape index (κ3) is 2.75. The molecule has 1 saturated heterocycles. The van der Waals surface area contributed by atoms with Crippen LogP contribution in [0.25, 0.3) is 0 Å². The van der Waals surface area contributed by atoms with Crippen LogP contribution in [0.3, 0.4) is 0 Å². The first kappa shape index (κ1) is 12.7. The molecule has 2 atom stereocenters. The second-order valence-corrected chi connectivity index (χ2v) is 5.71. The number of piperidine rings is 1. The Balaban J connectivity index is 2.05. The van der Waals surface area contributed by atoms with Crippen molar-refractivity contribution in [3.8, 4) is 0 Å². The van der Waals surface area contributed by atoms with E-state index in [2.05, 4.69) is 17.1 Å². The lowest BCUT2D eigenvalue weighted by atomic mass is 9.96. The minimum absolute atomic E-state index is 0.0936. The van der Waals surface area contributed by atoms with Crippen LogP contribution >= 0.6 is 22.9 Å². The quantitative estimate of drug-likeness (QED) is 0.824. The summed E-state index contributed by atoms with van der Waals surface area (Å²) in [6, 6.07) is 0. The lowest BCUT2D eigenvalue weighted by molar-refractivity contribution is -0.00160. The molecule has 2 unspecified atom stereocenters. The van der Waals surface area contributed by atoms with E-state index in [9.17, 15) is 4.79 Å². The molecule has 0 saturated carbocycles. The molecule has 7 heteroatoms. The summed E-state index contributed by atoms with van der Waals surface area (Å²) < 4.78 is 5.67. The van der Waals surface area contributed by atoms with Crippen LogP contribution in [0.4, 0.5) is 0 Å². The Hall–Kier alpha value is -0.720. The molecular formula is C10H14ClN3O2S. The Bertz CT molecular complexity index is 412. The normalized spacial score (nSPS) is 25.0. The first-order chi connectivity index (χ1) is 8.11. The zero-order valence-electron chi connectivity index (χ0n) is 9.72. The van der Waals surface area contributed by atoms with Crippen LogP contribution in [-0.2, 0) is 4.74 Å². The van der Waals surface area contributed by atoms with Crippen LogP contribution in [0.1, 0.15) is 23.1 Å². The van der Waals surface area contributed by atoms with Crippen molar-refractivity contribution in [3.63, 3.8) is 0 Å². The molecule has 0 aliphatic carbocycles. The topological polar surface area (TPSA) is 55.3 Å². The molecule has 0 bridgehead atoms. The Morgan fingerprint density at radius 1 is 1.59 bits per heavy atom. The zero-order chi connectivity index (χ0) is 12.4. The Kier molecular flexibility index (Phi) is 3.96. The van der Waals surface area contributed by atoms with E-state index in [0.29, 0.717) is 21.9 Å². The van der Waals surface area contributed by atoms with Crippen molar-refractivity contribution in [1.82, 2.24) is 15.1 Å². The Morgan fingerprint density at radius 3 is 2.94 bits per heavy atom. The second kappa shape index (κ2) is 5.29. The minimum Gasteiger partial charge on any atom is -0.379 e. The van der Waals surface area contributed by atoms with Gasteiger partial charge in [-0.05, 0) is 23.9 Å². The number of likely N-dealkylation sites (tertiary alicyclic amines) is 1. The molecule has 0 radical (unpaired) electrons. The number of nitrogens with zero attached hydrogens (tertiary/aromatic N) is 3. The summed E-state index contributed by atoms with van der Waals surface area (Å²) in [6.45, 7) is 3.47. The Labute approximate surface area is 109 Å². The van der Waals surface area contributed by atoms with E-state index in [-0.39, 0.29) is 12.0 Å². The highest BCUT2D eigenvalue weighted by atomic mass is 35.5. The van der Waals surface area contributed by atoms with Crippen LogP contribution in [0.2, 0.25) is 4.47 Å². The van der Waals surface area contributed by atoms with Crippen molar-refractivity contribution in [3.05, 3.63) is 9.47 Å². The third-order valence-corrected chi connectivity index (χ3v) is 4.07. The molecule has 1 aliphatic rings. The molecule has 0 aromatic carbocycles. The number of halogens is 1. The molecule has 1 aromatic heterocycles. The molecule has 2 rings (SSSR count). The fourth-order valence-electron chi connectivity index (χ4n) is 1.95. The standard InChI is InChI=1S/C10H14ClN3O2S/c1-6-3-4-14(5-7(6)16-2)9(15)8-12-13-10(11)17-8/h6-7H,3-5H2,1-2H3. The van der Waals surface area contributed by atoms with Gasteiger partial charge in [-0.3, -0.25) is 4.79 Å². The van der Waals surface area contributed by atoms with E-state index < -0.39 is 0 Å². The number of ether oxygens (including phenoxy) is 1. The second-order valence-electron chi connectivity index (χ2n) is 4.15. The molecule has 5 nitrogen and oxygen atoms in total. The van der Waals surface area contributed by atoms with Gasteiger partial charge in [0.2, 0.25) is 9.47 Å². The number of hydrogen-bond acceptors (Lipinski definition) is 5. The highest BCUT2D eigenvalue weighted by Gasteiger charge is 2.30. The van der Waals surface area contributed by atoms with Gasteiger partial charge in [0.25, 0.3) is 5.91 Å². The van der Waals surface area contributed by atoms with Crippen molar-refractivity contribution in [2.45, 2.75) is 19.4 Å². The van der Waals surface area contributed by atoms with Crippen molar-refractivity contribution < 1.29 is 9.53 Å². The van der Waals surface area contributed by atoms with E-state index in [1.165, 1.54) is 0 Å². The number of methoxy groups -OCH3 is 1. The maximum atomic E-state index is 12.1. The molecule has 1 aliphatic heterocycles. The largest absolute Gasteiger partial charge is 0.379 e. The zero-order valence-corrected chi connectivity index (χ0v) is 11.3. The van der Waals surface area contributed by atoms with Crippen LogP contribution in [0.15, 0.2) is 0 Å². The van der Waals surface area contributed by atoms with Gasteiger partial charge >= 0.3 is 0 Å². The maximum Gasteiger partial charge on any atom is 0.284 e. The van der Waals surface area contributed by atoms with Gasteiger partial charge in [-0.25, -0.2) is 0 Å². The highest BCUT2D eigenvalue weighted by Crippen LogP contribution is 2.23. The van der Waals surface area contributed by atoms with Crippen LogP contribution in [-0.4, -0.2) is 47.3 Å². The minimum atomic E-state index is -0.108. The molecule has 1 aromatic rings. The van der Waals surface area contributed by atoms with E-state index in [0.717, 1.165) is 24.3 Å². The molecular weight excluding hydrogens is 262 g/mol. The van der Waals surface area contributed by atoms with Crippen LogP contribution < -0.4 is 0 Å². The summed E-state index contributed by atoms with van der Waals surface area (Å²) in [5.74, 6) is 0.366. The number of hydrogen-bond donors (Lipinski definition) is 0. The van der Waals surface area contributed by atoms with Crippen LogP contribution in [0.5, 0.6) is 0 Å². The summed E-state index contributed by atoms with van der Waals surface area (Å²) in [4.78, 5) is 13.9. The number of amides is 1. The van der Waals surface area contributed by atoms with Gasteiger partial charge in [0.1, 0.15) is 0 Å². The van der Waals surface area contributed by atoms with E-state index in [1.807, 2.05) is 0 Å². The molecule has 1 fully saturated rings. The monoisotopic (exact) mass is 275 g/mol. The van der Waals surface area contributed by atoms with Gasteiger partial charge < -0.3 is 9.64 Å². The van der Waals surface area contributed by atoms with Gasteiger partial charge in [0.15, 0.2) is 0 Å². The summed E-state index contributed by atoms with van der Waals surface area (Å²) >= 11 is 6.78. The van der Waals surface area contributed by atoms with E-state index in [1.54, 1.807) is 12.0 Å². The van der Waals surface area contributed by atoms with Crippen molar-refractivity contribution in [2.24, 2.45) is 5.92 Å². The molecule has 0 N–H and O–H groups in total. The fourth-order valence-corrected chi connectivity index (χ4v) is 2.75. The van der Waals surface area contributed by atoms with Gasteiger partial charge in [-0.15, -0.1) is 10.2 Å². The van der Waals surface area contributed by atoms with Gasteiger partial charge in [-0.2, -0.15) is 0 Å². The molecule has 2 heterocycles. The summed E-state index contributed by atoms with van der Waals surface area (Å²) in [7, 11) is 1.68. The highest BCUT2D eigenvalue weighted by molar-refractivity contribution is 7.17. The van der Waals surface area contributed by atoms with Crippen molar-refractivity contribution in [2.75, 3.05) is 20.2 Å². The summed E-state index contributed by atoms with van der Waals surface area (Å²) in [5.41, 5.74) is 0. The number of rotatable bonds is 2. The smallest absolute Gasteiger partial charge is 0.284 e. The SMILES string of the molecule is COC1CN(C(=O)c2nnc(Cl)s2)CCC1C. The van der Waals surface area contributed by atoms with E-state index >= 15 is 0 Å². The average Bonchev–Trinajstić information content (AvgIpc) is 2.75. The lowest BCUT2D eigenvalue weighted by Gasteiger charge is -2.35. The molecule has 0 spiro atoms. The predicted octanol–water partition coefficient (Wildman–Crippen LogP) is 1.69. The van der Waals surface area contributed by atoms with Crippen molar-refractivity contribution >= 4 is 28.8 Å². The van der Waals surface area contributed by atoms with Gasteiger partial charge in [0.05, 0.1) is 6.10 Å². The van der Waals surface area contributed by atoms with Crippen molar-refractivity contribution in [1.29, 1.82) is 0 Å². The van der Waals surface area contributed by atoms with Gasteiger partial charge in [-0.1, -0.05) is 18.3 Å². The Morgan fingerprint density at radius 2 is 2.35 bits per heavy atom. The van der Waals surface area contributed by atoms with E-state index in [4.69, 9.17) is 16.3 Å². The molecule has 17 heavy (non-hydrogen) atoms. The first-order valence-corrected chi connectivity index (χ1v) is 6.62. The number of aromatic nitrogens is 2. The maximum absolute atomic E-state index is 12.1. The summed E-state index contributed by atoms with van der Waals surface area (Å²) in [6.07, 6.45) is 1.03. The summed E-state index contributed by atoms with van der Waals surface area (Å²) in [5, 5.41) is 7.75. The molecule has 94 valence electrons. The van der Waals surface area contributed by atoms with Gasteiger partial charge in [0, 0.05) is 20.2 Å². The van der Waals surface area contributed by atoms with Crippen LogP contribution in [0, 0.1) is 5.92 Å². The first-order valence-electron chi connectivity index (χ1n) is 5.43.